The van der Waals surface area contributed by atoms with Gasteiger partial charge in [0.05, 0.1) is 17.6 Å². The second-order valence-electron chi connectivity index (χ2n) is 6.77. The molecule has 0 saturated carbocycles. The van der Waals surface area contributed by atoms with Crippen molar-refractivity contribution >= 4 is 46.5 Å². The van der Waals surface area contributed by atoms with E-state index >= 15 is 0 Å². The SMILES string of the molecule is CC(=O)OCCC12CCC(=O)C=C1c1c(cc(OCC(=O)[O-])c(Cl)c1Cl)C2. The zero-order valence-electron chi connectivity index (χ0n) is 14.6. The largest absolute Gasteiger partial charge is 0.546 e. The number of benzene rings is 1. The molecule has 6 nitrogen and oxygen atoms in total. The van der Waals surface area contributed by atoms with Crippen LogP contribution in [0.5, 0.6) is 5.75 Å². The molecule has 1 unspecified atom stereocenters. The van der Waals surface area contributed by atoms with Crippen LogP contribution in [0.2, 0.25) is 10.0 Å². The third kappa shape index (κ3) is 3.82. The van der Waals surface area contributed by atoms with Gasteiger partial charge in [0.25, 0.3) is 0 Å². The Morgan fingerprint density at radius 1 is 1.30 bits per heavy atom. The van der Waals surface area contributed by atoms with Crippen molar-refractivity contribution in [3.05, 3.63) is 33.3 Å². The third-order valence-corrected chi connectivity index (χ3v) is 5.86. The van der Waals surface area contributed by atoms with Crippen molar-refractivity contribution in [1.82, 2.24) is 0 Å². The Balaban J connectivity index is 2.00. The lowest BCUT2D eigenvalue weighted by atomic mass is 9.70. The van der Waals surface area contributed by atoms with Gasteiger partial charge in [-0.15, -0.1) is 0 Å². The summed E-state index contributed by atoms with van der Waals surface area (Å²) in [4.78, 5) is 33.8. The first kappa shape index (κ1) is 19.7. The summed E-state index contributed by atoms with van der Waals surface area (Å²) >= 11 is 12.7. The molecule has 0 fully saturated rings. The molecule has 0 aromatic heterocycles. The summed E-state index contributed by atoms with van der Waals surface area (Å²) in [6.07, 6.45) is 3.71. The van der Waals surface area contributed by atoms with E-state index in [1.54, 1.807) is 12.1 Å². The molecule has 27 heavy (non-hydrogen) atoms. The van der Waals surface area contributed by atoms with Crippen LogP contribution >= 0.6 is 23.2 Å². The summed E-state index contributed by atoms with van der Waals surface area (Å²) < 4.78 is 10.3. The monoisotopic (exact) mass is 411 g/mol. The van der Waals surface area contributed by atoms with Gasteiger partial charge in [-0.2, -0.15) is 0 Å². The van der Waals surface area contributed by atoms with Crippen molar-refractivity contribution in [3.63, 3.8) is 0 Å². The van der Waals surface area contributed by atoms with Crippen LogP contribution < -0.4 is 9.84 Å². The number of carboxylic acid groups (broad SMARTS) is 1. The zero-order valence-corrected chi connectivity index (χ0v) is 16.1. The van der Waals surface area contributed by atoms with E-state index in [1.165, 1.54) is 6.92 Å². The fourth-order valence-electron chi connectivity index (χ4n) is 3.83. The number of carbonyl (C=O) groups is 3. The second kappa shape index (κ2) is 7.52. The number of halogens is 2. The molecule has 0 heterocycles. The molecule has 0 amide bonds. The summed E-state index contributed by atoms with van der Waals surface area (Å²) in [5.74, 6) is -1.57. The van der Waals surface area contributed by atoms with E-state index in [2.05, 4.69) is 0 Å². The molecule has 144 valence electrons. The minimum Gasteiger partial charge on any atom is -0.546 e. The maximum atomic E-state index is 12.0. The van der Waals surface area contributed by atoms with Crippen molar-refractivity contribution in [1.29, 1.82) is 0 Å². The van der Waals surface area contributed by atoms with Crippen molar-refractivity contribution in [2.75, 3.05) is 13.2 Å². The maximum Gasteiger partial charge on any atom is 0.302 e. The Morgan fingerprint density at radius 3 is 2.70 bits per heavy atom. The molecule has 0 spiro atoms. The Morgan fingerprint density at radius 2 is 2.04 bits per heavy atom. The molecule has 1 atom stereocenters. The summed E-state index contributed by atoms with van der Waals surface area (Å²) in [6, 6.07) is 1.66. The molecular formula is C19H17Cl2O6-. The quantitative estimate of drug-likeness (QED) is 0.667. The van der Waals surface area contributed by atoms with Gasteiger partial charge in [-0.1, -0.05) is 23.2 Å². The van der Waals surface area contributed by atoms with Crippen LogP contribution in [0.4, 0.5) is 0 Å². The molecular weight excluding hydrogens is 395 g/mol. The van der Waals surface area contributed by atoms with Crippen molar-refractivity contribution in [3.8, 4) is 5.75 Å². The number of ether oxygens (including phenoxy) is 2. The van der Waals surface area contributed by atoms with Gasteiger partial charge in [0.2, 0.25) is 0 Å². The normalized spacial score (nSPS) is 20.6. The number of carbonyl (C=O) groups excluding carboxylic acids is 3. The number of fused-ring (bicyclic) bond motifs is 3. The van der Waals surface area contributed by atoms with Crippen molar-refractivity contribution in [2.24, 2.45) is 5.41 Å². The van der Waals surface area contributed by atoms with Crippen LogP contribution in [0.15, 0.2) is 12.1 Å². The van der Waals surface area contributed by atoms with Crippen LogP contribution in [-0.4, -0.2) is 30.9 Å². The zero-order chi connectivity index (χ0) is 19.8. The predicted octanol–water partition coefficient (Wildman–Crippen LogP) is 2.36. The lowest BCUT2D eigenvalue weighted by Crippen LogP contribution is -2.29. The highest BCUT2D eigenvalue weighted by Gasteiger charge is 2.45. The molecule has 2 aliphatic carbocycles. The molecule has 8 heteroatoms. The van der Waals surface area contributed by atoms with E-state index in [0.717, 1.165) is 11.1 Å². The highest BCUT2D eigenvalue weighted by atomic mass is 35.5. The van der Waals surface area contributed by atoms with Gasteiger partial charge in [0.15, 0.2) is 5.78 Å². The fraction of sp³-hybridized carbons (Fsp3) is 0.421. The molecule has 3 rings (SSSR count). The average molecular weight is 412 g/mol. The number of esters is 1. The number of allylic oxidation sites excluding steroid dienone is 2. The van der Waals surface area contributed by atoms with Crippen molar-refractivity contribution < 1.29 is 29.0 Å². The lowest BCUT2D eigenvalue weighted by Gasteiger charge is -2.33. The Hall–Kier alpha value is -2.05. The van der Waals surface area contributed by atoms with Crippen LogP contribution in [0.1, 0.15) is 37.3 Å². The first-order valence-corrected chi connectivity index (χ1v) is 9.21. The van der Waals surface area contributed by atoms with Gasteiger partial charge in [-0.3, -0.25) is 9.59 Å². The van der Waals surface area contributed by atoms with Crippen LogP contribution in [0, 0.1) is 5.41 Å². The van der Waals surface area contributed by atoms with E-state index in [1.807, 2.05) is 0 Å². The number of aliphatic carboxylic acids is 1. The van der Waals surface area contributed by atoms with Gasteiger partial charge in [0, 0.05) is 24.3 Å². The Bertz CT molecular complexity index is 860. The average Bonchev–Trinajstić information content (AvgIpc) is 2.90. The van der Waals surface area contributed by atoms with E-state index in [4.69, 9.17) is 32.7 Å². The predicted molar refractivity (Wildman–Crippen MR) is 96.6 cm³/mol. The van der Waals surface area contributed by atoms with E-state index in [0.29, 0.717) is 31.2 Å². The highest BCUT2D eigenvalue weighted by molar-refractivity contribution is 6.44. The highest BCUT2D eigenvalue weighted by Crippen LogP contribution is 2.57. The minimum absolute atomic E-state index is 0.00503. The number of hydrogen-bond acceptors (Lipinski definition) is 6. The molecule has 0 bridgehead atoms. The number of ketones is 1. The van der Waals surface area contributed by atoms with Crippen LogP contribution in [-0.2, 0) is 25.5 Å². The number of carboxylic acids is 1. The summed E-state index contributed by atoms with van der Waals surface area (Å²) in [5, 5.41) is 11.0. The van der Waals surface area contributed by atoms with E-state index in [9.17, 15) is 19.5 Å². The number of rotatable bonds is 6. The minimum atomic E-state index is -1.37. The van der Waals surface area contributed by atoms with Gasteiger partial charge in [-0.25, -0.2) is 0 Å². The maximum absolute atomic E-state index is 12.0. The van der Waals surface area contributed by atoms with Gasteiger partial charge >= 0.3 is 5.97 Å². The van der Waals surface area contributed by atoms with Crippen LogP contribution in [0.25, 0.3) is 5.57 Å². The Kier molecular flexibility index (Phi) is 5.49. The number of hydrogen-bond donors (Lipinski definition) is 0. The summed E-state index contributed by atoms with van der Waals surface area (Å²) in [6.45, 7) is 0.932. The molecule has 1 aromatic carbocycles. The first-order chi connectivity index (χ1) is 12.7. The fourth-order valence-corrected chi connectivity index (χ4v) is 4.35. The molecule has 0 N–H and O–H groups in total. The smallest absolute Gasteiger partial charge is 0.302 e. The van der Waals surface area contributed by atoms with Gasteiger partial charge in [0.1, 0.15) is 17.4 Å². The topological polar surface area (TPSA) is 92.7 Å². The first-order valence-electron chi connectivity index (χ1n) is 8.46. The standard InChI is InChI=1S/C19H18Cl2O6/c1-10(22)26-5-4-19-3-2-12(23)7-13(19)16-11(8-19)6-14(17(20)18(16)21)27-9-15(24)25/h6-7H,2-5,8-9H2,1H3,(H,24,25)/p-1. The molecule has 0 radical (unpaired) electrons. The summed E-state index contributed by atoms with van der Waals surface area (Å²) in [7, 11) is 0. The third-order valence-electron chi connectivity index (χ3n) is 5.01. The lowest BCUT2D eigenvalue weighted by molar-refractivity contribution is -0.307. The summed E-state index contributed by atoms with van der Waals surface area (Å²) in [5.41, 5.74) is 1.91. The Labute approximate surface area is 166 Å². The molecule has 2 aliphatic rings. The molecule has 0 aliphatic heterocycles. The molecule has 1 aromatic rings. The van der Waals surface area contributed by atoms with Crippen LogP contribution in [0.3, 0.4) is 0 Å². The van der Waals surface area contributed by atoms with Gasteiger partial charge < -0.3 is 19.4 Å². The van der Waals surface area contributed by atoms with E-state index in [-0.39, 0.29) is 39.6 Å². The molecule has 0 saturated heterocycles. The van der Waals surface area contributed by atoms with Gasteiger partial charge in [-0.05, 0) is 42.5 Å². The van der Waals surface area contributed by atoms with E-state index < -0.39 is 12.6 Å². The second-order valence-corrected chi connectivity index (χ2v) is 7.52. The van der Waals surface area contributed by atoms with Crippen molar-refractivity contribution in [2.45, 2.75) is 32.6 Å².